The van der Waals surface area contributed by atoms with Crippen molar-refractivity contribution in [2.45, 2.75) is 61.3 Å². The monoisotopic (exact) mass is 310 g/mol. The third kappa shape index (κ3) is 5.15. The summed E-state index contributed by atoms with van der Waals surface area (Å²) in [5.41, 5.74) is -0.189. The number of ether oxygens (including phenoxy) is 2. The van der Waals surface area contributed by atoms with Gasteiger partial charge in [-0.2, -0.15) is 0 Å². The summed E-state index contributed by atoms with van der Waals surface area (Å²) in [4.78, 5) is 24.0. The zero-order valence-corrected chi connectivity index (χ0v) is 15.0. The molecule has 0 N–H and O–H groups in total. The maximum atomic E-state index is 12.0. The molecule has 1 rings (SSSR count). The predicted molar refractivity (Wildman–Crippen MR) is 86.3 cm³/mol. The van der Waals surface area contributed by atoms with Crippen LogP contribution in [-0.2, 0) is 19.1 Å². The number of esters is 2. The van der Waals surface area contributed by atoms with Crippen molar-refractivity contribution < 1.29 is 19.1 Å². The molecule has 0 aromatic carbocycles. The number of rotatable bonds is 4. The first-order chi connectivity index (χ1) is 9.86. The van der Waals surface area contributed by atoms with Gasteiger partial charge in [-0.05, 0) is 61.3 Å². The Morgan fingerprint density at radius 2 is 1.41 bits per heavy atom. The Morgan fingerprint density at radius 1 is 1.00 bits per heavy atom. The highest BCUT2D eigenvalue weighted by molar-refractivity contribution is 5.76. The molecule has 0 atom stereocenters. The summed E-state index contributed by atoms with van der Waals surface area (Å²) in [6, 6.07) is 0. The minimum Gasteiger partial charge on any atom is -0.464 e. The Bertz CT molecular complexity index is 430. The Kier molecular flexibility index (Phi) is 5.47. The van der Waals surface area contributed by atoms with E-state index in [1.807, 2.05) is 41.5 Å². The van der Waals surface area contributed by atoms with Crippen molar-refractivity contribution in [2.75, 3.05) is 13.2 Å². The lowest BCUT2D eigenvalue weighted by atomic mass is 9.89. The van der Waals surface area contributed by atoms with Crippen molar-refractivity contribution in [3.8, 4) is 0 Å². The molecule has 0 amide bonds. The lowest BCUT2D eigenvalue weighted by molar-refractivity contribution is -0.161. The molecule has 0 aromatic rings. The van der Waals surface area contributed by atoms with Gasteiger partial charge >= 0.3 is 11.9 Å². The molecule has 0 unspecified atom stereocenters. The Labute approximate surface area is 134 Å². The van der Waals surface area contributed by atoms with Gasteiger partial charge in [0.1, 0.15) is 13.2 Å². The van der Waals surface area contributed by atoms with Crippen LogP contribution in [0.3, 0.4) is 0 Å². The number of carbonyl (C=O) groups is 2. The molecular formula is C18H30O4. The standard InChI is InChI=1S/C18H30O4/c1-13-8-9-18(10-13,11-21-14(19)16(2,3)4)12-22-15(20)17(5,6)7/h10H,8-9,11-12H2,1-7H3. The lowest BCUT2D eigenvalue weighted by Gasteiger charge is -2.29. The van der Waals surface area contributed by atoms with Gasteiger partial charge in [0, 0.05) is 0 Å². The molecule has 0 radical (unpaired) electrons. The number of allylic oxidation sites excluding steroid dienone is 1. The van der Waals surface area contributed by atoms with Gasteiger partial charge in [-0.15, -0.1) is 0 Å². The summed E-state index contributed by atoms with van der Waals surface area (Å²) < 4.78 is 11.0. The maximum absolute atomic E-state index is 12.0. The van der Waals surface area contributed by atoms with Gasteiger partial charge in [0.25, 0.3) is 0 Å². The van der Waals surface area contributed by atoms with Gasteiger partial charge in [0.15, 0.2) is 0 Å². The molecule has 4 heteroatoms. The van der Waals surface area contributed by atoms with Crippen molar-refractivity contribution >= 4 is 11.9 Å². The van der Waals surface area contributed by atoms with E-state index in [0.29, 0.717) is 0 Å². The summed E-state index contributed by atoms with van der Waals surface area (Å²) in [6.45, 7) is 13.6. The van der Waals surface area contributed by atoms with Crippen LogP contribution in [0.2, 0.25) is 0 Å². The van der Waals surface area contributed by atoms with E-state index >= 15 is 0 Å². The molecule has 0 aromatic heterocycles. The molecule has 4 nitrogen and oxygen atoms in total. The molecule has 0 fully saturated rings. The topological polar surface area (TPSA) is 52.6 Å². The second kappa shape index (κ2) is 6.43. The number of hydrogen-bond acceptors (Lipinski definition) is 4. The van der Waals surface area contributed by atoms with Crippen LogP contribution in [0.5, 0.6) is 0 Å². The van der Waals surface area contributed by atoms with Crippen molar-refractivity contribution in [1.82, 2.24) is 0 Å². The Morgan fingerprint density at radius 3 is 1.68 bits per heavy atom. The molecule has 0 saturated heterocycles. The van der Waals surface area contributed by atoms with Gasteiger partial charge in [-0.3, -0.25) is 9.59 Å². The quantitative estimate of drug-likeness (QED) is 0.584. The van der Waals surface area contributed by atoms with Gasteiger partial charge in [0.2, 0.25) is 0 Å². The molecule has 126 valence electrons. The molecule has 0 aliphatic heterocycles. The molecule has 22 heavy (non-hydrogen) atoms. The molecule has 0 heterocycles. The average molecular weight is 310 g/mol. The molecule has 1 aliphatic rings. The van der Waals surface area contributed by atoms with E-state index in [1.165, 1.54) is 5.57 Å². The maximum Gasteiger partial charge on any atom is 0.311 e. The highest BCUT2D eigenvalue weighted by atomic mass is 16.5. The zero-order valence-electron chi connectivity index (χ0n) is 15.0. The highest BCUT2D eigenvalue weighted by Crippen LogP contribution is 2.37. The fourth-order valence-electron chi connectivity index (χ4n) is 2.23. The van der Waals surface area contributed by atoms with Gasteiger partial charge < -0.3 is 9.47 Å². The van der Waals surface area contributed by atoms with E-state index in [1.54, 1.807) is 0 Å². The van der Waals surface area contributed by atoms with E-state index in [0.717, 1.165) is 12.8 Å². The van der Waals surface area contributed by atoms with Gasteiger partial charge in [-0.25, -0.2) is 0 Å². The van der Waals surface area contributed by atoms with Gasteiger partial charge in [-0.1, -0.05) is 11.6 Å². The van der Waals surface area contributed by atoms with Crippen LogP contribution in [-0.4, -0.2) is 25.2 Å². The molecule has 1 aliphatic carbocycles. The summed E-state index contributed by atoms with van der Waals surface area (Å²) in [7, 11) is 0. The third-order valence-electron chi connectivity index (χ3n) is 3.78. The first kappa shape index (κ1) is 18.7. The SMILES string of the molecule is CC1=CC(COC(=O)C(C)(C)C)(COC(=O)C(C)(C)C)CC1. The van der Waals surface area contributed by atoms with E-state index in [4.69, 9.17) is 9.47 Å². The Balaban J connectivity index is 2.72. The fraction of sp³-hybridized carbons (Fsp3) is 0.778. The van der Waals surface area contributed by atoms with E-state index in [-0.39, 0.29) is 30.6 Å². The first-order valence-electron chi connectivity index (χ1n) is 7.89. The van der Waals surface area contributed by atoms with E-state index in [9.17, 15) is 9.59 Å². The van der Waals surface area contributed by atoms with Crippen molar-refractivity contribution in [1.29, 1.82) is 0 Å². The van der Waals surface area contributed by atoms with Crippen LogP contribution in [0.4, 0.5) is 0 Å². The Hall–Kier alpha value is -1.32. The summed E-state index contributed by atoms with van der Waals surface area (Å²) in [5.74, 6) is -0.459. The summed E-state index contributed by atoms with van der Waals surface area (Å²) in [6.07, 6.45) is 3.88. The molecular weight excluding hydrogens is 280 g/mol. The first-order valence-corrected chi connectivity index (χ1v) is 7.89. The predicted octanol–water partition coefficient (Wildman–Crippen LogP) is 3.89. The van der Waals surface area contributed by atoms with Crippen LogP contribution in [0.15, 0.2) is 11.6 Å². The van der Waals surface area contributed by atoms with E-state index in [2.05, 4.69) is 13.0 Å². The van der Waals surface area contributed by atoms with Crippen molar-refractivity contribution in [3.63, 3.8) is 0 Å². The van der Waals surface area contributed by atoms with Gasteiger partial charge in [0.05, 0.1) is 16.2 Å². The van der Waals surface area contributed by atoms with Crippen molar-refractivity contribution in [3.05, 3.63) is 11.6 Å². The normalized spacial score (nSPS) is 17.9. The second-order valence-electron chi connectivity index (χ2n) is 8.51. The number of carbonyl (C=O) groups excluding carboxylic acids is 2. The van der Waals surface area contributed by atoms with E-state index < -0.39 is 10.8 Å². The minimum absolute atomic E-state index is 0.230. The van der Waals surface area contributed by atoms with Crippen LogP contribution < -0.4 is 0 Å². The average Bonchev–Trinajstić information content (AvgIpc) is 2.73. The second-order valence-corrected chi connectivity index (χ2v) is 8.51. The molecule has 0 saturated carbocycles. The summed E-state index contributed by atoms with van der Waals surface area (Å²) >= 11 is 0. The van der Waals surface area contributed by atoms with Crippen LogP contribution >= 0.6 is 0 Å². The molecule has 0 spiro atoms. The number of hydrogen-bond donors (Lipinski definition) is 0. The van der Waals surface area contributed by atoms with Crippen LogP contribution in [0.1, 0.15) is 61.3 Å². The lowest BCUT2D eigenvalue weighted by Crippen LogP contribution is -2.35. The van der Waals surface area contributed by atoms with Crippen LogP contribution in [0, 0.1) is 16.2 Å². The summed E-state index contributed by atoms with van der Waals surface area (Å²) in [5, 5.41) is 0. The third-order valence-corrected chi connectivity index (χ3v) is 3.78. The largest absolute Gasteiger partial charge is 0.464 e. The highest BCUT2D eigenvalue weighted by Gasteiger charge is 2.37. The molecule has 0 bridgehead atoms. The minimum atomic E-state index is -0.527. The zero-order chi connectivity index (χ0) is 17.2. The van der Waals surface area contributed by atoms with Crippen LogP contribution in [0.25, 0.3) is 0 Å². The smallest absolute Gasteiger partial charge is 0.311 e. The fourth-order valence-corrected chi connectivity index (χ4v) is 2.23. The van der Waals surface area contributed by atoms with Crippen molar-refractivity contribution in [2.24, 2.45) is 16.2 Å².